The Labute approximate surface area is 79.1 Å². The van der Waals surface area contributed by atoms with Crippen LogP contribution in [0.2, 0.25) is 0 Å². The highest BCUT2D eigenvalue weighted by atomic mass is 32.1. The quantitative estimate of drug-likeness (QED) is 0.697. The molecule has 0 saturated heterocycles. The van der Waals surface area contributed by atoms with Gasteiger partial charge in [0, 0.05) is 23.3 Å². The molecule has 0 atom stereocenters. The monoisotopic (exact) mass is 194 g/mol. The number of pyridine rings is 1. The fourth-order valence-corrected chi connectivity index (χ4v) is 1.76. The van der Waals surface area contributed by atoms with E-state index in [9.17, 15) is 4.39 Å². The Hall–Kier alpha value is -1.29. The number of hydrogen-bond acceptors (Lipinski definition) is 3. The molecule has 0 bridgehead atoms. The summed E-state index contributed by atoms with van der Waals surface area (Å²) in [6.45, 7) is 1.90. The molecule has 66 valence electrons. The van der Waals surface area contributed by atoms with Crippen molar-refractivity contribution in [3.8, 4) is 10.7 Å². The molecule has 2 rings (SSSR count). The van der Waals surface area contributed by atoms with Crippen LogP contribution in [0.4, 0.5) is 4.39 Å². The van der Waals surface area contributed by atoms with E-state index in [0.717, 1.165) is 10.7 Å². The lowest BCUT2D eigenvalue weighted by Crippen LogP contribution is -1.83. The van der Waals surface area contributed by atoms with Crippen LogP contribution in [0.15, 0.2) is 23.7 Å². The zero-order chi connectivity index (χ0) is 9.26. The van der Waals surface area contributed by atoms with Crippen LogP contribution in [0.3, 0.4) is 0 Å². The molecule has 0 saturated carbocycles. The zero-order valence-electron chi connectivity index (χ0n) is 6.99. The largest absolute Gasteiger partial charge is 0.254 e. The van der Waals surface area contributed by atoms with Crippen LogP contribution in [0.5, 0.6) is 0 Å². The normalized spacial score (nSPS) is 10.3. The van der Waals surface area contributed by atoms with Gasteiger partial charge in [-0.3, -0.25) is 4.98 Å². The molecule has 0 aromatic carbocycles. The minimum Gasteiger partial charge on any atom is -0.254 e. The van der Waals surface area contributed by atoms with Crippen molar-refractivity contribution < 1.29 is 4.39 Å². The van der Waals surface area contributed by atoms with E-state index in [-0.39, 0.29) is 5.82 Å². The number of thiazole rings is 1. The number of aryl methyl sites for hydroxylation is 1. The van der Waals surface area contributed by atoms with Crippen molar-refractivity contribution >= 4 is 11.3 Å². The predicted octanol–water partition coefficient (Wildman–Crippen LogP) is 2.65. The van der Waals surface area contributed by atoms with Gasteiger partial charge in [-0.05, 0) is 13.0 Å². The van der Waals surface area contributed by atoms with Gasteiger partial charge in [0.25, 0.3) is 0 Å². The van der Waals surface area contributed by atoms with Crippen molar-refractivity contribution in [1.82, 2.24) is 9.97 Å². The Morgan fingerprint density at radius 1 is 1.46 bits per heavy atom. The second kappa shape index (κ2) is 3.22. The highest BCUT2D eigenvalue weighted by molar-refractivity contribution is 7.13. The van der Waals surface area contributed by atoms with Gasteiger partial charge in [0.1, 0.15) is 16.5 Å². The van der Waals surface area contributed by atoms with Crippen molar-refractivity contribution in [3.05, 3.63) is 35.2 Å². The average molecular weight is 194 g/mol. The molecule has 4 heteroatoms. The summed E-state index contributed by atoms with van der Waals surface area (Å²) in [6, 6.07) is 2.71. The van der Waals surface area contributed by atoms with E-state index in [4.69, 9.17) is 0 Å². The summed E-state index contributed by atoms with van der Waals surface area (Å²) < 4.78 is 12.8. The standard InChI is InChI=1S/C9H7FN2S/c1-6-5-13-9(12-6)8-4-7(10)2-3-11-8/h2-5H,1H3. The second-order valence-electron chi connectivity index (χ2n) is 2.65. The minimum atomic E-state index is -0.280. The van der Waals surface area contributed by atoms with Crippen LogP contribution in [-0.4, -0.2) is 9.97 Å². The highest BCUT2D eigenvalue weighted by Gasteiger charge is 2.03. The van der Waals surface area contributed by atoms with E-state index in [1.54, 1.807) is 0 Å². The summed E-state index contributed by atoms with van der Waals surface area (Å²) in [5.41, 5.74) is 1.53. The van der Waals surface area contributed by atoms with Crippen LogP contribution in [-0.2, 0) is 0 Å². The highest BCUT2D eigenvalue weighted by Crippen LogP contribution is 2.21. The number of nitrogens with zero attached hydrogens (tertiary/aromatic N) is 2. The number of halogens is 1. The van der Waals surface area contributed by atoms with E-state index in [2.05, 4.69) is 9.97 Å². The van der Waals surface area contributed by atoms with Crippen LogP contribution >= 0.6 is 11.3 Å². The van der Waals surface area contributed by atoms with Crippen molar-refractivity contribution in [2.24, 2.45) is 0 Å². The molecular formula is C9H7FN2S. The summed E-state index contributed by atoms with van der Waals surface area (Å²) in [5.74, 6) is -0.280. The summed E-state index contributed by atoms with van der Waals surface area (Å²) >= 11 is 1.47. The SMILES string of the molecule is Cc1csc(-c2cc(F)ccn2)n1. The lowest BCUT2D eigenvalue weighted by molar-refractivity contribution is 0.626. The third-order valence-corrected chi connectivity index (χ3v) is 2.54. The van der Waals surface area contributed by atoms with Gasteiger partial charge in [-0.15, -0.1) is 11.3 Å². The van der Waals surface area contributed by atoms with Crippen LogP contribution in [0, 0.1) is 12.7 Å². The Balaban J connectivity index is 2.46. The lowest BCUT2D eigenvalue weighted by atomic mass is 10.3. The Morgan fingerprint density at radius 2 is 2.31 bits per heavy atom. The fourth-order valence-electron chi connectivity index (χ4n) is 0.993. The molecule has 2 nitrogen and oxygen atoms in total. The van der Waals surface area contributed by atoms with Crippen molar-refractivity contribution in [1.29, 1.82) is 0 Å². The zero-order valence-corrected chi connectivity index (χ0v) is 7.81. The number of rotatable bonds is 1. The molecule has 0 radical (unpaired) electrons. The number of aromatic nitrogens is 2. The third kappa shape index (κ3) is 1.72. The van der Waals surface area contributed by atoms with E-state index in [1.807, 2.05) is 12.3 Å². The molecule has 2 aromatic heterocycles. The van der Waals surface area contributed by atoms with Crippen LogP contribution < -0.4 is 0 Å². The predicted molar refractivity (Wildman–Crippen MR) is 50.0 cm³/mol. The fraction of sp³-hybridized carbons (Fsp3) is 0.111. The topological polar surface area (TPSA) is 25.8 Å². The molecule has 0 unspecified atom stereocenters. The van der Waals surface area contributed by atoms with E-state index < -0.39 is 0 Å². The van der Waals surface area contributed by atoms with Crippen LogP contribution in [0.1, 0.15) is 5.69 Å². The first-order valence-electron chi connectivity index (χ1n) is 3.80. The molecule has 2 aromatic rings. The first-order chi connectivity index (χ1) is 6.25. The molecule has 0 aliphatic rings. The van der Waals surface area contributed by atoms with Gasteiger partial charge in [0.05, 0.1) is 0 Å². The lowest BCUT2D eigenvalue weighted by Gasteiger charge is -1.93. The van der Waals surface area contributed by atoms with Crippen molar-refractivity contribution in [3.63, 3.8) is 0 Å². The molecule has 2 heterocycles. The van der Waals surface area contributed by atoms with Crippen LogP contribution in [0.25, 0.3) is 10.7 Å². The Bertz CT molecular complexity index is 425. The molecule has 0 amide bonds. The van der Waals surface area contributed by atoms with Gasteiger partial charge in [0.2, 0.25) is 0 Å². The van der Waals surface area contributed by atoms with Gasteiger partial charge in [0.15, 0.2) is 0 Å². The molecule has 0 aliphatic carbocycles. The van der Waals surface area contributed by atoms with E-state index in [0.29, 0.717) is 5.69 Å². The maximum atomic E-state index is 12.8. The van der Waals surface area contributed by atoms with Gasteiger partial charge in [-0.2, -0.15) is 0 Å². The maximum Gasteiger partial charge on any atom is 0.142 e. The van der Waals surface area contributed by atoms with Gasteiger partial charge in [-0.1, -0.05) is 0 Å². The number of hydrogen-bond donors (Lipinski definition) is 0. The molecule has 0 aliphatic heterocycles. The molecular weight excluding hydrogens is 187 g/mol. The third-order valence-electron chi connectivity index (χ3n) is 1.56. The summed E-state index contributed by atoms with van der Waals surface area (Å²) in [5, 5.41) is 2.68. The molecule has 0 spiro atoms. The average Bonchev–Trinajstić information content (AvgIpc) is 2.52. The maximum absolute atomic E-state index is 12.8. The molecule has 0 fully saturated rings. The summed E-state index contributed by atoms with van der Waals surface area (Å²) in [7, 11) is 0. The van der Waals surface area contributed by atoms with E-state index in [1.165, 1.54) is 29.7 Å². The first-order valence-corrected chi connectivity index (χ1v) is 4.68. The molecule has 0 N–H and O–H groups in total. The van der Waals surface area contributed by atoms with Gasteiger partial charge >= 0.3 is 0 Å². The van der Waals surface area contributed by atoms with Gasteiger partial charge < -0.3 is 0 Å². The Morgan fingerprint density at radius 3 is 2.92 bits per heavy atom. The van der Waals surface area contributed by atoms with Gasteiger partial charge in [-0.25, -0.2) is 9.37 Å². The van der Waals surface area contributed by atoms with E-state index >= 15 is 0 Å². The van der Waals surface area contributed by atoms with Crippen molar-refractivity contribution in [2.45, 2.75) is 6.92 Å². The second-order valence-corrected chi connectivity index (χ2v) is 3.51. The summed E-state index contributed by atoms with van der Waals surface area (Å²) in [4.78, 5) is 8.24. The Kier molecular flexibility index (Phi) is 2.06. The molecule has 13 heavy (non-hydrogen) atoms. The minimum absolute atomic E-state index is 0.280. The van der Waals surface area contributed by atoms with Crippen molar-refractivity contribution in [2.75, 3.05) is 0 Å². The smallest absolute Gasteiger partial charge is 0.142 e. The first kappa shape index (κ1) is 8.31. The summed E-state index contributed by atoms with van der Waals surface area (Å²) in [6.07, 6.45) is 1.45.